The van der Waals surface area contributed by atoms with Gasteiger partial charge in [0.1, 0.15) is 17.6 Å². The van der Waals surface area contributed by atoms with E-state index in [0.717, 1.165) is 18.4 Å². The summed E-state index contributed by atoms with van der Waals surface area (Å²) in [5.74, 6) is 0.743. The van der Waals surface area contributed by atoms with Crippen LogP contribution in [0.1, 0.15) is 24.0 Å². The molecule has 3 atom stereocenters. The maximum Gasteiger partial charge on any atom is 0.218 e. The van der Waals surface area contributed by atoms with Crippen LogP contribution in [0.2, 0.25) is 5.15 Å². The molecule has 1 aromatic heterocycles. The zero-order valence-corrected chi connectivity index (χ0v) is 17.4. The van der Waals surface area contributed by atoms with Gasteiger partial charge in [-0.05, 0) is 17.5 Å². The normalized spacial score (nSPS) is 20.9. The molecule has 6 heteroatoms. The molecule has 156 valence electrons. The van der Waals surface area contributed by atoms with Crippen molar-refractivity contribution >= 4 is 11.6 Å². The summed E-state index contributed by atoms with van der Waals surface area (Å²) in [5, 5.41) is 0.373. The second-order valence-corrected chi connectivity index (χ2v) is 7.87. The maximum atomic E-state index is 6.28. The molecule has 0 aliphatic heterocycles. The Kier molecular flexibility index (Phi) is 7.29. The molecule has 4 rings (SSSR count). The first-order valence-corrected chi connectivity index (χ1v) is 10.6. The maximum absolute atomic E-state index is 6.28. The lowest BCUT2D eigenvalue weighted by molar-refractivity contribution is -0.0194. The quantitative estimate of drug-likeness (QED) is 0.448. The summed E-state index contributed by atoms with van der Waals surface area (Å²) < 4.78 is 18.4. The molecule has 1 heterocycles. The summed E-state index contributed by atoms with van der Waals surface area (Å²) in [6.45, 7) is 1.79. The smallest absolute Gasteiger partial charge is 0.218 e. The summed E-state index contributed by atoms with van der Waals surface area (Å²) in [4.78, 5) is 8.06. The van der Waals surface area contributed by atoms with Crippen LogP contribution < -0.4 is 4.74 Å². The molecule has 0 spiro atoms. The van der Waals surface area contributed by atoms with Crippen molar-refractivity contribution in [3.05, 3.63) is 89.3 Å². The lowest BCUT2D eigenvalue weighted by Gasteiger charge is -2.20. The van der Waals surface area contributed by atoms with E-state index in [9.17, 15) is 0 Å². The van der Waals surface area contributed by atoms with Crippen molar-refractivity contribution in [2.24, 2.45) is 5.92 Å². The topological polar surface area (TPSA) is 53.5 Å². The molecule has 1 saturated carbocycles. The zero-order chi connectivity index (χ0) is 20.6. The number of halogens is 1. The number of rotatable bonds is 9. The van der Waals surface area contributed by atoms with E-state index in [1.807, 2.05) is 36.4 Å². The van der Waals surface area contributed by atoms with Gasteiger partial charge in [-0.2, -0.15) is 0 Å². The highest BCUT2D eigenvalue weighted by atomic mass is 35.5. The minimum absolute atomic E-state index is 0.00191. The summed E-state index contributed by atoms with van der Waals surface area (Å²) in [5.41, 5.74) is 2.33. The molecule has 0 N–H and O–H groups in total. The molecule has 1 aliphatic carbocycles. The standard InChI is InChI=1S/C24H25ClN2O3/c25-23-13-24(27-17-26-23)30-21-11-20(16-28-14-18-7-3-1-4-8-18)22(12-21)29-15-19-9-5-2-6-10-19/h1-10,13,17,20-22H,11-12,14-16H2/t20-,21?,22-/m0/s1. The van der Waals surface area contributed by atoms with E-state index in [1.54, 1.807) is 6.07 Å². The monoisotopic (exact) mass is 424 g/mol. The first kappa shape index (κ1) is 20.8. The Morgan fingerprint density at radius 2 is 1.57 bits per heavy atom. The van der Waals surface area contributed by atoms with Gasteiger partial charge in [0.15, 0.2) is 0 Å². The van der Waals surface area contributed by atoms with Gasteiger partial charge in [-0.25, -0.2) is 9.97 Å². The highest BCUT2D eigenvalue weighted by Gasteiger charge is 2.36. The molecular weight excluding hydrogens is 400 g/mol. The third-order valence-corrected chi connectivity index (χ3v) is 5.44. The number of benzene rings is 2. The molecule has 30 heavy (non-hydrogen) atoms. The zero-order valence-electron chi connectivity index (χ0n) is 16.7. The van der Waals surface area contributed by atoms with Crippen LogP contribution >= 0.6 is 11.6 Å². The second-order valence-electron chi connectivity index (χ2n) is 7.49. The van der Waals surface area contributed by atoms with Crippen molar-refractivity contribution in [3.63, 3.8) is 0 Å². The van der Waals surface area contributed by atoms with Crippen LogP contribution in [0.5, 0.6) is 5.88 Å². The first-order chi connectivity index (χ1) is 14.8. The summed E-state index contributed by atoms with van der Waals surface area (Å²) in [6.07, 6.45) is 3.10. The van der Waals surface area contributed by atoms with Gasteiger partial charge in [-0.3, -0.25) is 0 Å². The molecule has 0 bridgehead atoms. The molecular formula is C24H25ClN2O3. The molecule has 0 radical (unpaired) electrons. The van der Waals surface area contributed by atoms with E-state index >= 15 is 0 Å². The Morgan fingerprint density at radius 3 is 2.27 bits per heavy atom. The minimum atomic E-state index is 0.00191. The molecule has 0 amide bonds. The van der Waals surface area contributed by atoms with E-state index in [1.165, 1.54) is 11.9 Å². The Balaban J connectivity index is 1.36. The Labute approximate surface area is 182 Å². The van der Waals surface area contributed by atoms with Crippen molar-refractivity contribution in [2.45, 2.75) is 38.3 Å². The average Bonchev–Trinajstić information content (AvgIpc) is 3.15. The largest absolute Gasteiger partial charge is 0.474 e. The first-order valence-electron chi connectivity index (χ1n) is 10.2. The number of hydrogen-bond donors (Lipinski definition) is 0. The van der Waals surface area contributed by atoms with Gasteiger partial charge in [0.05, 0.1) is 25.9 Å². The van der Waals surface area contributed by atoms with Crippen molar-refractivity contribution < 1.29 is 14.2 Å². The predicted molar refractivity (Wildman–Crippen MR) is 115 cm³/mol. The Morgan fingerprint density at radius 1 is 0.867 bits per heavy atom. The van der Waals surface area contributed by atoms with Crippen molar-refractivity contribution in [1.82, 2.24) is 9.97 Å². The highest BCUT2D eigenvalue weighted by molar-refractivity contribution is 6.29. The van der Waals surface area contributed by atoms with Gasteiger partial charge in [0.25, 0.3) is 0 Å². The minimum Gasteiger partial charge on any atom is -0.474 e. The second kappa shape index (κ2) is 10.5. The third-order valence-electron chi connectivity index (χ3n) is 5.23. The predicted octanol–water partition coefficient (Wildman–Crippen LogP) is 5.09. The molecule has 0 saturated heterocycles. The van der Waals surface area contributed by atoms with E-state index < -0.39 is 0 Å². The van der Waals surface area contributed by atoms with Crippen LogP contribution in [0.3, 0.4) is 0 Å². The Hall–Kier alpha value is -2.47. The van der Waals surface area contributed by atoms with E-state index in [4.69, 9.17) is 25.8 Å². The van der Waals surface area contributed by atoms with Gasteiger partial charge < -0.3 is 14.2 Å². The average molecular weight is 425 g/mol. The van der Waals surface area contributed by atoms with E-state index in [2.05, 4.69) is 34.2 Å². The van der Waals surface area contributed by atoms with Gasteiger partial charge >= 0.3 is 0 Å². The fraction of sp³-hybridized carbons (Fsp3) is 0.333. The SMILES string of the molecule is Clc1cc(OC2C[C@@H](COCc3ccccc3)[C@@H](OCc3ccccc3)C2)ncn1. The van der Waals surface area contributed by atoms with Crippen LogP contribution in [0.15, 0.2) is 73.1 Å². The summed E-state index contributed by atoms with van der Waals surface area (Å²) in [6, 6.07) is 22.1. The molecule has 1 aliphatic rings. The number of hydrogen-bond acceptors (Lipinski definition) is 5. The van der Waals surface area contributed by atoms with Crippen LogP contribution in [0, 0.1) is 5.92 Å². The molecule has 3 aromatic rings. The molecule has 5 nitrogen and oxygen atoms in total. The van der Waals surface area contributed by atoms with E-state index in [0.29, 0.717) is 30.9 Å². The van der Waals surface area contributed by atoms with Crippen LogP contribution in [-0.4, -0.2) is 28.8 Å². The van der Waals surface area contributed by atoms with Crippen molar-refractivity contribution in [2.75, 3.05) is 6.61 Å². The van der Waals surface area contributed by atoms with Gasteiger partial charge in [0, 0.05) is 18.4 Å². The Bertz CT molecular complexity index is 911. The number of ether oxygens (including phenoxy) is 3. The lowest BCUT2D eigenvalue weighted by atomic mass is 10.1. The third kappa shape index (κ3) is 6.02. The van der Waals surface area contributed by atoms with Gasteiger partial charge in [-0.15, -0.1) is 0 Å². The molecule has 2 aromatic carbocycles. The summed E-state index contributed by atoms with van der Waals surface area (Å²) in [7, 11) is 0. The van der Waals surface area contributed by atoms with Crippen molar-refractivity contribution in [1.29, 1.82) is 0 Å². The van der Waals surface area contributed by atoms with Crippen LogP contribution in [0.4, 0.5) is 0 Å². The highest BCUT2D eigenvalue weighted by Crippen LogP contribution is 2.33. The van der Waals surface area contributed by atoms with Gasteiger partial charge in [0.2, 0.25) is 5.88 Å². The molecule has 1 fully saturated rings. The van der Waals surface area contributed by atoms with Crippen LogP contribution in [-0.2, 0) is 22.7 Å². The fourth-order valence-corrected chi connectivity index (χ4v) is 3.88. The van der Waals surface area contributed by atoms with Gasteiger partial charge in [-0.1, -0.05) is 72.3 Å². The van der Waals surface area contributed by atoms with Crippen LogP contribution in [0.25, 0.3) is 0 Å². The number of nitrogens with zero attached hydrogens (tertiary/aromatic N) is 2. The number of aromatic nitrogens is 2. The molecule has 1 unspecified atom stereocenters. The fourth-order valence-electron chi connectivity index (χ4n) is 3.75. The van der Waals surface area contributed by atoms with E-state index in [-0.39, 0.29) is 18.1 Å². The van der Waals surface area contributed by atoms with Crippen molar-refractivity contribution in [3.8, 4) is 5.88 Å². The lowest BCUT2D eigenvalue weighted by Crippen LogP contribution is -2.22. The summed E-state index contributed by atoms with van der Waals surface area (Å²) >= 11 is 5.96.